The van der Waals surface area contributed by atoms with Crippen LogP contribution in [0.2, 0.25) is 0 Å². The van der Waals surface area contributed by atoms with Crippen molar-refractivity contribution in [3.63, 3.8) is 0 Å². The summed E-state index contributed by atoms with van der Waals surface area (Å²) >= 11 is 0. The Morgan fingerprint density at radius 1 is 0.656 bits per heavy atom. The summed E-state index contributed by atoms with van der Waals surface area (Å²) in [5, 5.41) is 18.5. The molecule has 0 aliphatic carbocycles. The first kappa shape index (κ1) is 28.2. The number of hydrogen-bond donors (Lipinski definition) is 2. The Morgan fingerprint density at radius 3 is 1.53 bits per heavy atom. The van der Waals surface area contributed by atoms with E-state index in [9.17, 15) is 19.8 Å². The lowest BCUT2D eigenvalue weighted by Crippen LogP contribution is -2.23. The highest BCUT2D eigenvalue weighted by Gasteiger charge is 2.26. The standard InChI is InChI=1S/C28H46O4/c1-20-19-21(2)23(15-11-8-9-13-17-27(4,5)25(29)30)24(22(20)3)16-12-10-14-18-28(6,7)26(31)32/h19H,8-18H2,1-7H3,(H,29,30)(H,31,32). The largest absolute Gasteiger partial charge is 0.481 e. The van der Waals surface area contributed by atoms with Crippen LogP contribution in [-0.4, -0.2) is 22.2 Å². The minimum absolute atomic E-state index is 0.627. The van der Waals surface area contributed by atoms with Gasteiger partial charge in [0.1, 0.15) is 0 Å². The van der Waals surface area contributed by atoms with Crippen molar-refractivity contribution in [1.82, 2.24) is 0 Å². The highest BCUT2D eigenvalue weighted by Crippen LogP contribution is 2.29. The van der Waals surface area contributed by atoms with Crippen molar-refractivity contribution in [3.05, 3.63) is 33.9 Å². The minimum atomic E-state index is -0.712. The first-order valence-corrected chi connectivity index (χ1v) is 12.3. The molecule has 182 valence electrons. The topological polar surface area (TPSA) is 74.6 Å². The normalized spacial score (nSPS) is 12.2. The molecule has 0 spiro atoms. The third-order valence-electron chi connectivity index (χ3n) is 7.18. The zero-order valence-corrected chi connectivity index (χ0v) is 21.6. The molecule has 0 saturated heterocycles. The van der Waals surface area contributed by atoms with Crippen LogP contribution < -0.4 is 0 Å². The second-order valence-corrected chi connectivity index (χ2v) is 10.9. The van der Waals surface area contributed by atoms with Gasteiger partial charge in [0.15, 0.2) is 0 Å². The summed E-state index contributed by atoms with van der Waals surface area (Å²) in [6.07, 6.45) is 11.0. The summed E-state index contributed by atoms with van der Waals surface area (Å²) in [5.41, 5.74) is 5.85. The third kappa shape index (κ3) is 8.60. The predicted molar refractivity (Wildman–Crippen MR) is 132 cm³/mol. The molecular weight excluding hydrogens is 400 g/mol. The van der Waals surface area contributed by atoms with Crippen LogP contribution in [0.25, 0.3) is 0 Å². The zero-order chi connectivity index (χ0) is 24.5. The summed E-state index contributed by atoms with van der Waals surface area (Å²) in [6.45, 7) is 13.9. The maximum absolute atomic E-state index is 11.3. The first-order valence-electron chi connectivity index (χ1n) is 12.3. The van der Waals surface area contributed by atoms with E-state index in [0.717, 1.165) is 70.6 Å². The van der Waals surface area contributed by atoms with Gasteiger partial charge in [-0.2, -0.15) is 0 Å². The molecule has 4 heteroatoms. The summed E-state index contributed by atoms with van der Waals surface area (Å²) in [6, 6.07) is 2.30. The van der Waals surface area contributed by atoms with Crippen molar-refractivity contribution in [2.45, 2.75) is 119 Å². The van der Waals surface area contributed by atoms with E-state index in [2.05, 4.69) is 26.8 Å². The average molecular weight is 447 g/mol. The van der Waals surface area contributed by atoms with E-state index in [1.54, 1.807) is 0 Å². The summed E-state index contributed by atoms with van der Waals surface area (Å²) in [7, 11) is 0. The Kier molecular flexibility index (Phi) is 10.9. The lowest BCUT2D eigenvalue weighted by molar-refractivity contribution is -0.148. The van der Waals surface area contributed by atoms with E-state index >= 15 is 0 Å². The maximum Gasteiger partial charge on any atom is 0.309 e. The van der Waals surface area contributed by atoms with Crippen LogP contribution in [-0.2, 0) is 22.4 Å². The van der Waals surface area contributed by atoms with Crippen molar-refractivity contribution in [2.75, 3.05) is 0 Å². The van der Waals surface area contributed by atoms with Crippen LogP contribution in [0.3, 0.4) is 0 Å². The Bertz CT molecular complexity index is 774. The first-order chi connectivity index (χ1) is 14.8. The quantitative estimate of drug-likeness (QED) is 0.275. The van der Waals surface area contributed by atoms with Gasteiger partial charge in [-0.05, 0) is 115 Å². The molecule has 0 radical (unpaired) electrons. The fourth-order valence-corrected chi connectivity index (χ4v) is 4.39. The second kappa shape index (κ2) is 12.4. The molecule has 0 heterocycles. The number of rotatable bonds is 15. The summed E-state index contributed by atoms with van der Waals surface area (Å²) < 4.78 is 0. The van der Waals surface area contributed by atoms with Gasteiger partial charge in [0.25, 0.3) is 0 Å². The smallest absolute Gasteiger partial charge is 0.309 e. The molecule has 0 amide bonds. The van der Waals surface area contributed by atoms with E-state index in [-0.39, 0.29) is 0 Å². The van der Waals surface area contributed by atoms with E-state index in [0.29, 0.717) is 0 Å². The van der Waals surface area contributed by atoms with E-state index in [4.69, 9.17) is 0 Å². The molecule has 0 atom stereocenters. The summed E-state index contributed by atoms with van der Waals surface area (Å²) in [4.78, 5) is 22.5. The highest BCUT2D eigenvalue weighted by molar-refractivity contribution is 5.73. The van der Waals surface area contributed by atoms with Gasteiger partial charge in [0.2, 0.25) is 0 Å². The van der Waals surface area contributed by atoms with Gasteiger partial charge in [0.05, 0.1) is 10.8 Å². The molecule has 0 aromatic heterocycles. The van der Waals surface area contributed by atoms with Crippen molar-refractivity contribution >= 4 is 11.9 Å². The molecule has 2 N–H and O–H groups in total. The number of aryl methyl sites for hydroxylation is 2. The maximum atomic E-state index is 11.3. The Labute approximate surface area is 195 Å². The molecule has 1 aromatic carbocycles. The number of aliphatic carboxylic acids is 2. The van der Waals surface area contributed by atoms with Gasteiger partial charge in [-0.25, -0.2) is 0 Å². The Balaban J connectivity index is 2.60. The SMILES string of the molecule is Cc1cc(C)c(CCCCCCC(C)(C)C(=O)O)c(CCCCCC(C)(C)C(=O)O)c1C. The minimum Gasteiger partial charge on any atom is -0.481 e. The number of hydrogen-bond acceptors (Lipinski definition) is 2. The van der Waals surface area contributed by atoms with E-state index in [1.165, 1.54) is 27.8 Å². The Hall–Kier alpha value is -1.84. The zero-order valence-electron chi connectivity index (χ0n) is 21.6. The number of carboxylic acid groups (broad SMARTS) is 2. The van der Waals surface area contributed by atoms with Crippen LogP contribution in [0.4, 0.5) is 0 Å². The van der Waals surface area contributed by atoms with Crippen LogP contribution >= 0.6 is 0 Å². The molecule has 1 aromatic rings. The molecule has 32 heavy (non-hydrogen) atoms. The van der Waals surface area contributed by atoms with Gasteiger partial charge in [-0.3, -0.25) is 9.59 Å². The van der Waals surface area contributed by atoms with Crippen LogP contribution in [0.15, 0.2) is 6.07 Å². The van der Waals surface area contributed by atoms with Crippen molar-refractivity contribution in [3.8, 4) is 0 Å². The Morgan fingerprint density at radius 2 is 1.06 bits per heavy atom. The van der Waals surface area contributed by atoms with Gasteiger partial charge in [-0.15, -0.1) is 0 Å². The number of carboxylic acids is 2. The van der Waals surface area contributed by atoms with Crippen molar-refractivity contribution in [2.24, 2.45) is 10.8 Å². The van der Waals surface area contributed by atoms with Crippen molar-refractivity contribution in [1.29, 1.82) is 0 Å². The number of carbonyl (C=O) groups is 2. The van der Waals surface area contributed by atoms with E-state index < -0.39 is 22.8 Å². The van der Waals surface area contributed by atoms with Crippen LogP contribution in [0, 0.1) is 31.6 Å². The lowest BCUT2D eigenvalue weighted by Gasteiger charge is -2.20. The number of unbranched alkanes of at least 4 members (excludes halogenated alkanes) is 5. The molecule has 0 unspecified atom stereocenters. The molecule has 1 rings (SSSR count). The van der Waals surface area contributed by atoms with Gasteiger partial charge >= 0.3 is 11.9 Å². The summed E-state index contributed by atoms with van der Waals surface area (Å²) in [5.74, 6) is -1.42. The fourth-order valence-electron chi connectivity index (χ4n) is 4.39. The lowest BCUT2D eigenvalue weighted by atomic mass is 9.85. The van der Waals surface area contributed by atoms with Gasteiger partial charge in [0, 0.05) is 0 Å². The molecule has 0 bridgehead atoms. The third-order valence-corrected chi connectivity index (χ3v) is 7.18. The van der Waals surface area contributed by atoms with Gasteiger partial charge in [-0.1, -0.05) is 38.2 Å². The molecular formula is C28H46O4. The van der Waals surface area contributed by atoms with Gasteiger partial charge < -0.3 is 10.2 Å². The molecule has 4 nitrogen and oxygen atoms in total. The molecule has 0 fully saturated rings. The monoisotopic (exact) mass is 446 g/mol. The fraction of sp³-hybridized carbons (Fsp3) is 0.714. The van der Waals surface area contributed by atoms with Crippen LogP contribution in [0.5, 0.6) is 0 Å². The highest BCUT2D eigenvalue weighted by atomic mass is 16.4. The van der Waals surface area contributed by atoms with Crippen molar-refractivity contribution < 1.29 is 19.8 Å². The molecule has 0 saturated carbocycles. The predicted octanol–water partition coefficient (Wildman–Crippen LogP) is 7.43. The van der Waals surface area contributed by atoms with Crippen LogP contribution in [0.1, 0.15) is 113 Å². The van der Waals surface area contributed by atoms with E-state index in [1.807, 2.05) is 27.7 Å². The average Bonchev–Trinajstić information content (AvgIpc) is 2.69. The second-order valence-electron chi connectivity index (χ2n) is 10.9. The molecule has 0 aliphatic heterocycles. The molecule has 0 aliphatic rings. The number of benzene rings is 1.